The molecule has 2 aliphatic rings. The van der Waals surface area contributed by atoms with E-state index >= 15 is 0 Å². The van der Waals surface area contributed by atoms with Crippen LogP contribution < -0.4 is 10.6 Å². The lowest BCUT2D eigenvalue weighted by Gasteiger charge is -2.32. The number of cyclic esters (lactones) is 2. The van der Waals surface area contributed by atoms with E-state index in [0.717, 1.165) is 11.3 Å². The summed E-state index contributed by atoms with van der Waals surface area (Å²) in [5.74, 6) is -2.76. The van der Waals surface area contributed by atoms with E-state index in [1.807, 2.05) is 19.9 Å². The smallest absolute Gasteiger partial charge is 0.350 e. The van der Waals surface area contributed by atoms with Crippen LogP contribution >= 0.6 is 0 Å². The summed E-state index contributed by atoms with van der Waals surface area (Å²) in [7, 11) is 0. The lowest BCUT2D eigenvalue weighted by Crippen LogP contribution is -2.42. The maximum absolute atomic E-state index is 11.9. The molecular weight excluding hydrogens is 324 g/mol. The quantitative estimate of drug-likeness (QED) is 0.486. The van der Waals surface area contributed by atoms with Gasteiger partial charge in [-0.25, -0.2) is 9.59 Å². The Labute approximate surface area is 145 Å². The number of carbonyl (C=O) groups is 3. The summed E-state index contributed by atoms with van der Waals surface area (Å²) in [6.07, 6.45) is 1.66. The van der Waals surface area contributed by atoms with Crippen molar-refractivity contribution in [3.8, 4) is 0 Å². The SMILES string of the molecule is CC1(C)OC(=O)C(=CNc2ccc3c(c2)C(C)(C)CC(=O)N3)C(=O)O1. The number of ether oxygens (including phenoxy) is 2. The number of hydrogen-bond donors (Lipinski definition) is 2. The minimum atomic E-state index is -1.26. The van der Waals surface area contributed by atoms with E-state index in [1.54, 1.807) is 12.1 Å². The van der Waals surface area contributed by atoms with E-state index in [4.69, 9.17) is 9.47 Å². The van der Waals surface area contributed by atoms with Crippen LogP contribution in [0.5, 0.6) is 0 Å². The van der Waals surface area contributed by atoms with Crippen molar-refractivity contribution in [2.45, 2.75) is 45.3 Å². The second-order valence-corrected chi connectivity index (χ2v) is 7.25. The van der Waals surface area contributed by atoms with Gasteiger partial charge in [-0.05, 0) is 23.8 Å². The van der Waals surface area contributed by atoms with Crippen LogP contribution in [0, 0.1) is 0 Å². The van der Waals surface area contributed by atoms with Crippen LogP contribution in [0.15, 0.2) is 30.0 Å². The monoisotopic (exact) mass is 344 g/mol. The molecule has 2 heterocycles. The fourth-order valence-corrected chi connectivity index (χ4v) is 2.93. The lowest BCUT2D eigenvalue weighted by molar-refractivity contribution is -0.222. The molecule has 0 aliphatic carbocycles. The van der Waals surface area contributed by atoms with Crippen LogP contribution in [0.3, 0.4) is 0 Å². The molecule has 2 aliphatic heterocycles. The average molecular weight is 344 g/mol. The van der Waals surface area contributed by atoms with Crippen molar-refractivity contribution in [2.24, 2.45) is 0 Å². The number of nitrogens with one attached hydrogen (secondary N) is 2. The van der Waals surface area contributed by atoms with Gasteiger partial charge in [-0.2, -0.15) is 0 Å². The van der Waals surface area contributed by atoms with Crippen molar-refractivity contribution in [1.29, 1.82) is 0 Å². The van der Waals surface area contributed by atoms with Crippen molar-refractivity contribution < 1.29 is 23.9 Å². The number of rotatable bonds is 2. The molecule has 0 radical (unpaired) electrons. The Hall–Kier alpha value is -2.83. The van der Waals surface area contributed by atoms with Crippen molar-refractivity contribution >= 4 is 29.2 Å². The molecule has 1 aromatic carbocycles. The Morgan fingerprint density at radius 1 is 1.08 bits per heavy atom. The Morgan fingerprint density at radius 3 is 2.36 bits per heavy atom. The number of fused-ring (bicyclic) bond motifs is 1. The Balaban J connectivity index is 1.84. The van der Waals surface area contributed by atoms with Gasteiger partial charge in [0, 0.05) is 43.3 Å². The van der Waals surface area contributed by atoms with Crippen molar-refractivity contribution in [1.82, 2.24) is 0 Å². The summed E-state index contributed by atoms with van der Waals surface area (Å²) >= 11 is 0. The third-order valence-electron chi connectivity index (χ3n) is 4.13. The van der Waals surface area contributed by atoms with E-state index in [1.165, 1.54) is 20.0 Å². The lowest BCUT2D eigenvalue weighted by atomic mass is 9.78. The van der Waals surface area contributed by atoms with E-state index < -0.39 is 17.7 Å². The zero-order chi connectivity index (χ0) is 18.4. The first-order valence-corrected chi connectivity index (χ1v) is 7.95. The molecule has 1 saturated heterocycles. The number of esters is 2. The molecule has 0 atom stereocenters. The third-order valence-corrected chi connectivity index (χ3v) is 4.13. The van der Waals surface area contributed by atoms with Gasteiger partial charge in [0.2, 0.25) is 5.91 Å². The van der Waals surface area contributed by atoms with E-state index in [9.17, 15) is 14.4 Å². The molecular formula is C18H20N2O5. The highest BCUT2D eigenvalue weighted by molar-refractivity contribution is 6.15. The second kappa shape index (κ2) is 5.61. The van der Waals surface area contributed by atoms with Gasteiger partial charge >= 0.3 is 11.9 Å². The Bertz CT molecular complexity index is 786. The Kier molecular flexibility index (Phi) is 3.82. The first-order chi connectivity index (χ1) is 11.6. The zero-order valence-corrected chi connectivity index (χ0v) is 14.6. The van der Waals surface area contributed by atoms with E-state index in [2.05, 4.69) is 10.6 Å². The fraction of sp³-hybridized carbons (Fsp3) is 0.389. The average Bonchev–Trinajstić information content (AvgIpc) is 2.44. The molecule has 1 aromatic rings. The summed E-state index contributed by atoms with van der Waals surface area (Å²) in [6.45, 7) is 6.97. The van der Waals surface area contributed by atoms with E-state index in [0.29, 0.717) is 12.1 Å². The number of hydrogen-bond acceptors (Lipinski definition) is 6. The summed E-state index contributed by atoms with van der Waals surface area (Å²) in [4.78, 5) is 35.6. The zero-order valence-electron chi connectivity index (χ0n) is 14.6. The molecule has 0 spiro atoms. The molecule has 25 heavy (non-hydrogen) atoms. The topological polar surface area (TPSA) is 93.7 Å². The van der Waals surface area contributed by atoms with Gasteiger partial charge in [-0.15, -0.1) is 0 Å². The summed E-state index contributed by atoms with van der Waals surface area (Å²) in [5, 5.41) is 5.77. The molecule has 0 bridgehead atoms. The van der Waals surface area contributed by atoms with Gasteiger partial charge < -0.3 is 20.1 Å². The summed E-state index contributed by atoms with van der Waals surface area (Å²) < 4.78 is 10.1. The predicted octanol–water partition coefficient (Wildman–Crippen LogP) is 2.44. The predicted molar refractivity (Wildman–Crippen MR) is 90.7 cm³/mol. The fourth-order valence-electron chi connectivity index (χ4n) is 2.93. The molecule has 0 unspecified atom stereocenters. The molecule has 7 nitrogen and oxygen atoms in total. The first-order valence-electron chi connectivity index (χ1n) is 7.95. The second-order valence-electron chi connectivity index (χ2n) is 7.25. The number of benzene rings is 1. The van der Waals surface area contributed by atoms with Crippen molar-refractivity contribution in [2.75, 3.05) is 10.6 Å². The molecule has 1 amide bonds. The summed E-state index contributed by atoms with van der Waals surface area (Å²) in [5.41, 5.74) is 1.91. The van der Waals surface area contributed by atoms with Gasteiger partial charge in [-0.1, -0.05) is 13.8 Å². The first kappa shape index (κ1) is 17.0. The van der Waals surface area contributed by atoms with Crippen LogP contribution in [0.1, 0.15) is 39.7 Å². The molecule has 1 fully saturated rings. The number of carbonyl (C=O) groups excluding carboxylic acids is 3. The maximum Gasteiger partial charge on any atom is 0.350 e. The molecule has 3 rings (SSSR count). The third kappa shape index (κ3) is 3.35. The molecule has 2 N–H and O–H groups in total. The van der Waals surface area contributed by atoms with Crippen LogP contribution in [0.4, 0.5) is 11.4 Å². The highest BCUT2D eigenvalue weighted by Crippen LogP contribution is 2.38. The highest BCUT2D eigenvalue weighted by atomic mass is 16.7. The molecule has 7 heteroatoms. The number of amides is 1. The Morgan fingerprint density at radius 2 is 1.72 bits per heavy atom. The van der Waals surface area contributed by atoms with Gasteiger partial charge in [0.15, 0.2) is 5.57 Å². The van der Waals surface area contributed by atoms with Crippen LogP contribution in [0.25, 0.3) is 0 Å². The van der Waals surface area contributed by atoms with Gasteiger partial charge in [0.05, 0.1) is 0 Å². The van der Waals surface area contributed by atoms with Gasteiger partial charge in [0.25, 0.3) is 5.79 Å². The van der Waals surface area contributed by atoms with Gasteiger partial charge in [0.1, 0.15) is 0 Å². The minimum Gasteiger partial charge on any atom is -0.419 e. The number of anilines is 2. The van der Waals surface area contributed by atoms with Crippen molar-refractivity contribution in [3.63, 3.8) is 0 Å². The normalized spacial score (nSPS) is 20.8. The summed E-state index contributed by atoms with van der Waals surface area (Å²) in [6, 6.07) is 5.42. The molecule has 132 valence electrons. The molecule has 0 saturated carbocycles. The van der Waals surface area contributed by atoms with Crippen molar-refractivity contribution in [3.05, 3.63) is 35.5 Å². The standard InChI is InChI=1S/C18H20N2O5/c1-17(2)8-14(21)20-13-6-5-10(7-12(13)17)19-9-11-15(22)24-18(3,4)25-16(11)23/h5-7,9,19H,8H2,1-4H3,(H,20,21). The maximum atomic E-state index is 11.9. The van der Waals surface area contributed by atoms with Crippen LogP contribution in [-0.4, -0.2) is 23.6 Å². The van der Waals surface area contributed by atoms with E-state index in [-0.39, 0.29) is 16.9 Å². The largest absolute Gasteiger partial charge is 0.419 e. The van der Waals surface area contributed by atoms with Crippen LogP contribution in [0.2, 0.25) is 0 Å². The molecule has 0 aromatic heterocycles. The highest BCUT2D eigenvalue weighted by Gasteiger charge is 2.39. The minimum absolute atomic E-state index is 0.0179. The van der Waals surface area contributed by atoms with Gasteiger partial charge in [-0.3, -0.25) is 4.79 Å². The van der Waals surface area contributed by atoms with Crippen LogP contribution in [-0.2, 0) is 29.3 Å².